The third-order valence-corrected chi connectivity index (χ3v) is 3.83. The molecule has 1 aromatic rings. The SMILES string of the molecule is CN=C(NCCCN(C)CCOC)NCc1cc(Cl)ccc1OC(F)F. The van der Waals surface area contributed by atoms with Crippen LogP contribution in [0.4, 0.5) is 8.78 Å². The Kier molecular flexibility index (Phi) is 10.9. The zero-order valence-corrected chi connectivity index (χ0v) is 16.2. The maximum Gasteiger partial charge on any atom is 0.387 e. The van der Waals surface area contributed by atoms with Gasteiger partial charge in [0, 0.05) is 44.4 Å². The van der Waals surface area contributed by atoms with Gasteiger partial charge in [-0.05, 0) is 38.2 Å². The molecule has 0 heterocycles. The first-order valence-corrected chi connectivity index (χ1v) is 8.69. The Hall–Kier alpha value is -1.64. The molecule has 0 amide bonds. The Morgan fingerprint density at radius 1 is 1.31 bits per heavy atom. The fraction of sp³-hybridized carbons (Fsp3) is 0.588. The van der Waals surface area contributed by atoms with Crippen LogP contribution in [0.2, 0.25) is 5.02 Å². The van der Waals surface area contributed by atoms with Gasteiger partial charge in [-0.25, -0.2) is 0 Å². The minimum Gasteiger partial charge on any atom is -0.434 e. The minimum absolute atomic E-state index is 0.0899. The van der Waals surface area contributed by atoms with Crippen LogP contribution in [-0.2, 0) is 11.3 Å². The highest BCUT2D eigenvalue weighted by Crippen LogP contribution is 2.24. The van der Waals surface area contributed by atoms with Crippen LogP contribution in [0, 0.1) is 0 Å². The van der Waals surface area contributed by atoms with Gasteiger partial charge in [0.05, 0.1) is 6.61 Å². The van der Waals surface area contributed by atoms with Gasteiger partial charge in [0.25, 0.3) is 0 Å². The van der Waals surface area contributed by atoms with Crippen molar-refractivity contribution in [1.82, 2.24) is 15.5 Å². The first kappa shape index (κ1) is 22.4. The van der Waals surface area contributed by atoms with Crippen LogP contribution in [0.3, 0.4) is 0 Å². The average Bonchev–Trinajstić information content (AvgIpc) is 2.61. The molecule has 0 unspecified atom stereocenters. The summed E-state index contributed by atoms with van der Waals surface area (Å²) in [6.45, 7) is 0.611. The van der Waals surface area contributed by atoms with E-state index < -0.39 is 6.61 Å². The molecule has 0 aliphatic carbocycles. The fourth-order valence-electron chi connectivity index (χ4n) is 2.21. The maximum atomic E-state index is 12.5. The van der Waals surface area contributed by atoms with Gasteiger partial charge >= 0.3 is 6.61 Å². The topological polar surface area (TPSA) is 58.1 Å². The minimum atomic E-state index is -2.89. The summed E-state index contributed by atoms with van der Waals surface area (Å²) in [4.78, 5) is 6.30. The second-order valence-corrected chi connectivity index (χ2v) is 6.07. The van der Waals surface area contributed by atoms with Gasteiger partial charge in [-0.3, -0.25) is 4.99 Å². The van der Waals surface area contributed by atoms with Crippen LogP contribution in [0.1, 0.15) is 12.0 Å². The van der Waals surface area contributed by atoms with E-state index in [9.17, 15) is 8.78 Å². The molecule has 0 aliphatic heterocycles. The van der Waals surface area contributed by atoms with Crippen molar-refractivity contribution in [2.75, 3.05) is 47.4 Å². The molecule has 0 aromatic heterocycles. The van der Waals surface area contributed by atoms with Crippen LogP contribution in [0.15, 0.2) is 23.2 Å². The molecule has 0 radical (unpaired) electrons. The largest absolute Gasteiger partial charge is 0.434 e. The molecule has 1 rings (SSSR count). The maximum absolute atomic E-state index is 12.5. The van der Waals surface area contributed by atoms with Crippen LogP contribution < -0.4 is 15.4 Å². The zero-order valence-electron chi connectivity index (χ0n) is 15.4. The lowest BCUT2D eigenvalue weighted by Gasteiger charge is -2.17. The molecule has 0 atom stereocenters. The second-order valence-electron chi connectivity index (χ2n) is 5.63. The Bertz CT molecular complexity index is 562. The molecule has 0 saturated carbocycles. The molecule has 1 aromatic carbocycles. The molecule has 0 bridgehead atoms. The van der Waals surface area contributed by atoms with Crippen molar-refractivity contribution < 1.29 is 18.3 Å². The number of aliphatic imine (C=N–C) groups is 1. The Morgan fingerprint density at radius 2 is 2.08 bits per heavy atom. The zero-order chi connectivity index (χ0) is 19.4. The van der Waals surface area contributed by atoms with Crippen LogP contribution in [-0.4, -0.2) is 64.9 Å². The number of alkyl halides is 2. The van der Waals surface area contributed by atoms with Crippen LogP contribution in [0.25, 0.3) is 0 Å². The lowest BCUT2D eigenvalue weighted by atomic mass is 10.2. The van der Waals surface area contributed by atoms with Crippen molar-refractivity contribution in [1.29, 1.82) is 0 Å². The smallest absolute Gasteiger partial charge is 0.387 e. The molecular weight excluding hydrogens is 366 g/mol. The molecule has 9 heteroatoms. The van der Waals surface area contributed by atoms with E-state index in [2.05, 4.69) is 25.3 Å². The van der Waals surface area contributed by atoms with Gasteiger partial charge in [-0.15, -0.1) is 0 Å². The molecule has 26 heavy (non-hydrogen) atoms. The Balaban J connectivity index is 2.43. The standard InChI is InChI=1S/C17H27ClF2N4O2/c1-21-17(22-7-4-8-24(2)9-10-25-3)23-12-13-11-14(18)5-6-15(13)26-16(19)20/h5-6,11,16H,4,7-10,12H2,1-3H3,(H2,21,22,23). The van der Waals surface area contributed by atoms with Crippen molar-refractivity contribution in [2.45, 2.75) is 19.6 Å². The van der Waals surface area contributed by atoms with E-state index >= 15 is 0 Å². The van der Waals surface area contributed by atoms with E-state index in [4.69, 9.17) is 16.3 Å². The van der Waals surface area contributed by atoms with E-state index in [1.807, 2.05) is 7.05 Å². The summed E-state index contributed by atoms with van der Waals surface area (Å²) in [6, 6.07) is 4.53. The lowest BCUT2D eigenvalue weighted by Crippen LogP contribution is -2.38. The number of hydrogen-bond acceptors (Lipinski definition) is 4. The van der Waals surface area contributed by atoms with Crippen molar-refractivity contribution in [3.05, 3.63) is 28.8 Å². The van der Waals surface area contributed by atoms with Crippen LogP contribution in [0.5, 0.6) is 5.75 Å². The number of rotatable bonds is 11. The fourth-order valence-corrected chi connectivity index (χ4v) is 2.41. The highest BCUT2D eigenvalue weighted by molar-refractivity contribution is 6.30. The number of hydrogen-bond donors (Lipinski definition) is 2. The van der Waals surface area contributed by atoms with Crippen molar-refractivity contribution >= 4 is 17.6 Å². The summed E-state index contributed by atoms with van der Waals surface area (Å²) in [5, 5.41) is 6.71. The molecular formula is C17H27ClF2N4O2. The monoisotopic (exact) mass is 392 g/mol. The highest BCUT2D eigenvalue weighted by atomic mass is 35.5. The normalized spacial score (nSPS) is 11.9. The second kappa shape index (κ2) is 12.7. The highest BCUT2D eigenvalue weighted by Gasteiger charge is 2.11. The molecule has 0 fully saturated rings. The van der Waals surface area contributed by atoms with Crippen molar-refractivity contribution in [3.8, 4) is 5.75 Å². The van der Waals surface area contributed by atoms with E-state index in [-0.39, 0.29) is 12.3 Å². The summed E-state index contributed by atoms with van der Waals surface area (Å²) in [5.74, 6) is 0.666. The summed E-state index contributed by atoms with van der Waals surface area (Å²) in [7, 11) is 5.37. The summed E-state index contributed by atoms with van der Waals surface area (Å²) in [6.07, 6.45) is 0.928. The first-order valence-electron chi connectivity index (χ1n) is 8.31. The van der Waals surface area contributed by atoms with Crippen LogP contribution >= 0.6 is 11.6 Å². The van der Waals surface area contributed by atoms with E-state index in [1.165, 1.54) is 12.1 Å². The molecule has 0 saturated heterocycles. The first-order chi connectivity index (χ1) is 12.5. The van der Waals surface area contributed by atoms with Gasteiger partial charge in [-0.2, -0.15) is 8.78 Å². The number of methoxy groups -OCH3 is 1. The average molecular weight is 393 g/mol. The predicted octanol–water partition coefficient (Wildman–Crippen LogP) is 2.57. The van der Waals surface area contributed by atoms with E-state index in [0.717, 1.165) is 26.1 Å². The van der Waals surface area contributed by atoms with Gasteiger partial charge < -0.3 is 25.0 Å². The van der Waals surface area contributed by atoms with E-state index in [1.54, 1.807) is 20.2 Å². The van der Waals surface area contributed by atoms with Gasteiger partial charge in [0.1, 0.15) is 5.75 Å². The van der Waals surface area contributed by atoms with E-state index in [0.29, 0.717) is 23.2 Å². The van der Waals surface area contributed by atoms with Crippen molar-refractivity contribution in [3.63, 3.8) is 0 Å². The molecule has 2 N–H and O–H groups in total. The molecule has 0 aliphatic rings. The number of nitrogens with zero attached hydrogens (tertiary/aromatic N) is 2. The van der Waals surface area contributed by atoms with Crippen molar-refractivity contribution in [2.24, 2.45) is 4.99 Å². The number of nitrogens with one attached hydrogen (secondary N) is 2. The third-order valence-electron chi connectivity index (χ3n) is 3.59. The number of benzene rings is 1. The Morgan fingerprint density at radius 3 is 2.73 bits per heavy atom. The molecule has 148 valence electrons. The molecule has 0 spiro atoms. The number of likely N-dealkylation sites (N-methyl/N-ethyl adjacent to an activating group) is 1. The lowest BCUT2D eigenvalue weighted by molar-refractivity contribution is -0.0504. The van der Waals surface area contributed by atoms with Gasteiger partial charge in [-0.1, -0.05) is 11.6 Å². The van der Waals surface area contributed by atoms with Gasteiger partial charge in [0.15, 0.2) is 5.96 Å². The number of guanidine groups is 1. The third kappa shape index (κ3) is 9.17. The molecule has 6 nitrogen and oxygen atoms in total. The summed E-state index contributed by atoms with van der Waals surface area (Å²) >= 11 is 5.94. The predicted molar refractivity (Wildman–Crippen MR) is 100 cm³/mol. The summed E-state index contributed by atoms with van der Waals surface area (Å²) < 4.78 is 34.5. The Labute approximate surface area is 158 Å². The quantitative estimate of drug-likeness (QED) is 0.344. The summed E-state index contributed by atoms with van der Waals surface area (Å²) in [5.41, 5.74) is 0.528. The number of ether oxygens (including phenoxy) is 2. The van der Waals surface area contributed by atoms with Gasteiger partial charge in [0.2, 0.25) is 0 Å². The number of halogens is 3.